The molecule has 4 aromatic rings. The first kappa shape index (κ1) is 19.5. The lowest BCUT2D eigenvalue weighted by molar-refractivity contribution is 0.340. The predicted molar refractivity (Wildman–Crippen MR) is 112 cm³/mol. The summed E-state index contributed by atoms with van der Waals surface area (Å²) in [4.78, 5) is 4.45. The molecule has 9 heteroatoms. The number of nitrogens with zero attached hydrogens (tertiary/aromatic N) is 5. The van der Waals surface area contributed by atoms with Gasteiger partial charge in [0.1, 0.15) is 11.6 Å². The molecule has 4 rings (SSSR count). The van der Waals surface area contributed by atoms with E-state index in [1.165, 1.54) is 11.8 Å². The number of aryl methyl sites for hydroxylation is 1. The molecule has 0 amide bonds. The first-order valence-electron chi connectivity index (χ1n) is 9.00. The van der Waals surface area contributed by atoms with Gasteiger partial charge in [0.15, 0.2) is 5.16 Å². The second-order valence-electron chi connectivity index (χ2n) is 6.10. The Hall–Kier alpha value is -2.84. The molecule has 0 atom stereocenters. The van der Waals surface area contributed by atoms with Crippen molar-refractivity contribution in [3.05, 3.63) is 65.3 Å². The molecule has 0 aliphatic rings. The van der Waals surface area contributed by atoms with E-state index in [-0.39, 0.29) is 0 Å². The molecule has 0 aliphatic carbocycles. The molecule has 0 saturated heterocycles. The Kier molecular flexibility index (Phi) is 5.82. The summed E-state index contributed by atoms with van der Waals surface area (Å²) < 4.78 is 12.9. The second-order valence-corrected chi connectivity index (χ2v) is 7.48. The van der Waals surface area contributed by atoms with Crippen molar-refractivity contribution in [2.45, 2.75) is 24.8 Å². The summed E-state index contributed by atoms with van der Waals surface area (Å²) in [6, 6.07) is 15.1. The molecule has 0 spiro atoms. The second kappa shape index (κ2) is 8.67. The van der Waals surface area contributed by atoms with E-state index in [0.717, 1.165) is 28.0 Å². The lowest BCUT2D eigenvalue weighted by Crippen LogP contribution is -2.00. The molecule has 2 aromatic heterocycles. The molecule has 2 aromatic carbocycles. The maximum absolute atomic E-state index is 5.92. The molecule has 0 saturated carbocycles. The van der Waals surface area contributed by atoms with Crippen LogP contribution in [-0.2, 0) is 5.75 Å². The van der Waals surface area contributed by atoms with E-state index in [0.29, 0.717) is 29.1 Å². The summed E-state index contributed by atoms with van der Waals surface area (Å²) in [5.41, 5.74) is 1.81. The standard InChI is InChI=1S/C20H18ClN5O2S/c1-3-27-17-10-8-16(9-11-17)26-13(2)23-24-20(26)29-12-18-22-19(25-28-18)14-4-6-15(21)7-5-14/h4-11H,3,12H2,1-2H3. The predicted octanol–water partition coefficient (Wildman–Crippen LogP) is 4.97. The van der Waals surface area contributed by atoms with Crippen LogP contribution >= 0.6 is 23.4 Å². The van der Waals surface area contributed by atoms with E-state index in [1.54, 1.807) is 12.1 Å². The number of hydrogen-bond donors (Lipinski definition) is 0. The number of thioether (sulfide) groups is 1. The van der Waals surface area contributed by atoms with Crippen LogP contribution in [0.2, 0.25) is 5.02 Å². The van der Waals surface area contributed by atoms with Gasteiger partial charge in [-0.05, 0) is 62.4 Å². The lowest BCUT2D eigenvalue weighted by Gasteiger charge is -2.09. The number of halogens is 1. The van der Waals surface area contributed by atoms with Gasteiger partial charge in [0.05, 0.1) is 12.4 Å². The van der Waals surface area contributed by atoms with Crippen LogP contribution in [-0.4, -0.2) is 31.5 Å². The molecule has 0 bridgehead atoms. The number of benzene rings is 2. The Labute approximate surface area is 177 Å². The highest BCUT2D eigenvalue weighted by atomic mass is 35.5. The van der Waals surface area contributed by atoms with Crippen molar-refractivity contribution in [1.82, 2.24) is 24.9 Å². The van der Waals surface area contributed by atoms with Gasteiger partial charge in [0, 0.05) is 16.3 Å². The lowest BCUT2D eigenvalue weighted by atomic mass is 10.2. The fraction of sp³-hybridized carbons (Fsp3) is 0.200. The first-order valence-corrected chi connectivity index (χ1v) is 10.4. The molecule has 0 fully saturated rings. The smallest absolute Gasteiger partial charge is 0.237 e. The molecule has 7 nitrogen and oxygen atoms in total. The summed E-state index contributed by atoms with van der Waals surface area (Å²) in [5.74, 6) is 3.15. The molecule has 0 radical (unpaired) electrons. The number of aromatic nitrogens is 5. The largest absolute Gasteiger partial charge is 0.494 e. The van der Waals surface area contributed by atoms with Gasteiger partial charge >= 0.3 is 0 Å². The maximum atomic E-state index is 5.92. The minimum absolute atomic E-state index is 0.482. The summed E-state index contributed by atoms with van der Waals surface area (Å²) in [6.45, 7) is 4.51. The zero-order valence-electron chi connectivity index (χ0n) is 15.9. The van der Waals surface area contributed by atoms with Crippen LogP contribution in [0.3, 0.4) is 0 Å². The van der Waals surface area contributed by atoms with Crippen LogP contribution in [0.15, 0.2) is 58.2 Å². The molecule has 0 unspecified atom stereocenters. The third-order valence-electron chi connectivity index (χ3n) is 4.10. The Morgan fingerprint density at radius 1 is 1.07 bits per heavy atom. The zero-order valence-corrected chi connectivity index (χ0v) is 17.4. The summed E-state index contributed by atoms with van der Waals surface area (Å²) in [6.07, 6.45) is 0. The molecule has 2 heterocycles. The topological polar surface area (TPSA) is 78.9 Å². The van der Waals surface area contributed by atoms with E-state index >= 15 is 0 Å². The highest BCUT2D eigenvalue weighted by molar-refractivity contribution is 7.98. The minimum Gasteiger partial charge on any atom is -0.494 e. The summed E-state index contributed by atoms with van der Waals surface area (Å²) in [5, 5.41) is 13.9. The third kappa shape index (κ3) is 4.44. The maximum Gasteiger partial charge on any atom is 0.237 e. The van der Waals surface area contributed by atoms with Crippen molar-refractivity contribution in [2.24, 2.45) is 0 Å². The van der Waals surface area contributed by atoms with Gasteiger partial charge in [0.25, 0.3) is 0 Å². The molecule has 0 N–H and O–H groups in total. The van der Waals surface area contributed by atoms with E-state index < -0.39 is 0 Å². The summed E-state index contributed by atoms with van der Waals surface area (Å²) >= 11 is 7.41. The SMILES string of the molecule is CCOc1ccc(-n2c(C)nnc2SCc2nc(-c3ccc(Cl)cc3)no2)cc1. The van der Waals surface area contributed by atoms with Crippen LogP contribution in [0.25, 0.3) is 17.1 Å². The Bertz CT molecular complexity index is 1090. The van der Waals surface area contributed by atoms with Gasteiger partial charge in [-0.1, -0.05) is 28.5 Å². The average Bonchev–Trinajstić information content (AvgIpc) is 3.35. The van der Waals surface area contributed by atoms with Crippen molar-refractivity contribution < 1.29 is 9.26 Å². The highest BCUT2D eigenvalue weighted by Crippen LogP contribution is 2.27. The quantitative estimate of drug-likeness (QED) is 0.385. The Morgan fingerprint density at radius 3 is 2.55 bits per heavy atom. The van der Waals surface area contributed by atoms with Gasteiger partial charge in [-0.3, -0.25) is 4.57 Å². The Balaban J connectivity index is 1.49. The number of ether oxygens (including phenoxy) is 1. The highest BCUT2D eigenvalue weighted by Gasteiger charge is 2.15. The minimum atomic E-state index is 0.482. The number of rotatable bonds is 7. The van der Waals surface area contributed by atoms with E-state index in [2.05, 4.69) is 20.3 Å². The normalized spacial score (nSPS) is 11.0. The van der Waals surface area contributed by atoms with Crippen molar-refractivity contribution in [3.63, 3.8) is 0 Å². The van der Waals surface area contributed by atoms with Gasteiger partial charge in [-0.15, -0.1) is 10.2 Å². The fourth-order valence-corrected chi connectivity index (χ4v) is 3.71. The van der Waals surface area contributed by atoms with Gasteiger partial charge < -0.3 is 9.26 Å². The third-order valence-corrected chi connectivity index (χ3v) is 5.26. The van der Waals surface area contributed by atoms with Gasteiger partial charge in [0.2, 0.25) is 11.7 Å². The van der Waals surface area contributed by atoms with Crippen molar-refractivity contribution in [3.8, 4) is 22.8 Å². The molecular formula is C20H18ClN5O2S. The molecule has 29 heavy (non-hydrogen) atoms. The fourth-order valence-electron chi connectivity index (χ4n) is 2.75. The van der Waals surface area contributed by atoms with Crippen molar-refractivity contribution in [1.29, 1.82) is 0 Å². The Morgan fingerprint density at radius 2 is 1.83 bits per heavy atom. The van der Waals surface area contributed by atoms with Crippen LogP contribution in [0.4, 0.5) is 0 Å². The van der Waals surface area contributed by atoms with Crippen molar-refractivity contribution >= 4 is 23.4 Å². The average molecular weight is 428 g/mol. The van der Waals surface area contributed by atoms with Gasteiger partial charge in [-0.25, -0.2) is 0 Å². The number of hydrogen-bond acceptors (Lipinski definition) is 7. The van der Waals surface area contributed by atoms with Gasteiger partial charge in [-0.2, -0.15) is 4.98 Å². The van der Waals surface area contributed by atoms with Crippen LogP contribution in [0.1, 0.15) is 18.6 Å². The van der Waals surface area contributed by atoms with E-state index in [4.69, 9.17) is 20.9 Å². The summed E-state index contributed by atoms with van der Waals surface area (Å²) in [7, 11) is 0. The molecule has 148 valence electrons. The van der Waals surface area contributed by atoms with E-state index in [9.17, 15) is 0 Å². The zero-order chi connectivity index (χ0) is 20.2. The van der Waals surface area contributed by atoms with Crippen LogP contribution < -0.4 is 4.74 Å². The van der Waals surface area contributed by atoms with E-state index in [1.807, 2.05) is 54.8 Å². The monoisotopic (exact) mass is 427 g/mol. The van der Waals surface area contributed by atoms with Crippen LogP contribution in [0, 0.1) is 6.92 Å². The van der Waals surface area contributed by atoms with Crippen LogP contribution in [0.5, 0.6) is 5.75 Å². The first-order chi connectivity index (χ1) is 14.1. The van der Waals surface area contributed by atoms with Crippen molar-refractivity contribution in [2.75, 3.05) is 6.61 Å². The molecular weight excluding hydrogens is 410 g/mol. The molecule has 0 aliphatic heterocycles.